The average molecular weight is 285 g/mol. The zero-order valence-corrected chi connectivity index (χ0v) is 10.7. The molecule has 0 aliphatic carbocycles. The summed E-state index contributed by atoms with van der Waals surface area (Å²) in [6.07, 6.45) is -0.202. The van der Waals surface area contributed by atoms with Crippen LogP contribution in [0.1, 0.15) is 27.9 Å². The molecular weight excluding hydrogens is 272 g/mol. The van der Waals surface area contributed by atoms with Gasteiger partial charge in [0.1, 0.15) is 0 Å². The molecule has 0 aromatic heterocycles. The summed E-state index contributed by atoms with van der Waals surface area (Å²) < 4.78 is 0. The summed E-state index contributed by atoms with van der Waals surface area (Å²) in [7, 11) is 0. The predicted octanol–water partition coefficient (Wildman–Crippen LogP) is 2.72. The number of carbonyl (C=O) groups is 2. The van der Waals surface area contributed by atoms with Crippen LogP contribution in [-0.4, -0.2) is 21.7 Å². The van der Waals surface area contributed by atoms with E-state index in [0.29, 0.717) is 5.56 Å². The Morgan fingerprint density at radius 2 is 2.00 bits per heavy atom. The molecule has 0 spiro atoms. The summed E-state index contributed by atoms with van der Waals surface area (Å²) in [6.45, 7) is 3.80. The largest absolute Gasteiger partial charge is 0.481 e. The molecule has 0 saturated carbocycles. The van der Waals surface area contributed by atoms with E-state index >= 15 is 0 Å². The van der Waals surface area contributed by atoms with Gasteiger partial charge in [-0.05, 0) is 19.4 Å². The van der Waals surface area contributed by atoms with Crippen LogP contribution in [0.2, 0.25) is 0 Å². The highest BCUT2D eigenvalue weighted by molar-refractivity contribution is 9.10. The van der Waals surface area contributed by atoms with Crippen molar-refractivity contribution in [1.82, 2.24) is 0 Å². The second kappa shape index (κ2) is 5.25. The van der Waals surface area contributed by atoms with E-state index in [1.165, 1.54) is 0 Å². The first-order valence-corrected chi connectivity index (χ1v) is 5.80. The Morgan fingerprint density at radius 1 is 1.38 bits per heavy atom. The zero-order chi connectivity index (χ0) is 12.3. The number of rotatable bonds is 4. The molecule has 0 aliphatic rings. The van der Waals surface area contributed by atoms with Crippen molar-refractivity contribution in [1.29, 1.82) is 0 Å². The Morgan fingerprint density at radius 3 is 2.50 bits per heavy atom. The quantitative estimate of drug-likeness (QED) is 0.683. The Bertz CT molecular complexity index is 426. The third-order valence-corrected chi connectivity index (χ3v) is 3.03. The maximum absolute atomic E-state index is 11.9. The fourth-order valence-corrected chi connectivity index (χ4v) is 2.03. The number of carbonyl (C=O) groups excluding carboxylic acids is 1. The van der Waals surface area contributed by atoms with E-state index in [1.807, 2.05) is 26.0 Å². The molecular formula is C12H13BrO3. The molecule has 1 rings (SSSR count). The van der Waals surface area contributed by atoms with Gasteiger partial charge in [0.2, 0.25) is 0 Å². The van der Waals surface area contributed by atoms with Gasteiger partial charge in [0.25, 0.3) is 0 Å². The molecule has 4 heteroatoms. The van der Waals surface area contributed by atoms with Crippen molar-refractivity contribution < 1.29 is 14.7 Å². The Labute approximate surface area is 103 Å². The van der Waals surface area contributed by atoms with Crippen molar-refractivity contribution in [2.24, 2.45) is 0 Å². The number of hydrogen-bond acceptors (Lipinski definition) is 2. The van der Waals surface area contributed by atoms with Gasteiger partial charge in [-0.1, -0.05) is 39.7 Å². The Kier molecular flexibility index (Phi) is 4.24. The highest BCUT2D eigenvalue weighted by atomic mass is 79.9. The van der Waals surface area contributed by atoms with Crippen LogP contribution in [-0.2, 0) is 4.79 Å². The van der Waals surface area contributed by atoms with Crippen molar-refractivity contribution in [3.8, 4) is 0 Å². The number of aryl methyl sites for hydroxylation is 2. The molecule has 3 nitrogen and oxygen atoms in total. The van der Waals surface area contributed by atoms with Gasteiger partial charge < -0.3 is 5.11 Å². The summed E-state index contributed by atoms with van der Waals surface area (Å²) in [5.74, 6) is -1.17. The van der Waals surface area contributed by atoms with Crippen molar-refractivity contribution in [3.05, 3.63) is 34.9 Å². The molecule has 1 atom stereocenters. The van der Waals surface area contributed by atoms with Crippen LogP contribution < -0.4 is 0 Å². The lowest BCUT2D eigenvalue weighted by Crippen LogP contribution is -2.19. The van der Waals surface area contributed by atoms with Crippen molar-refractivity contribution in [2.45, 2.75) is 25.1 Å². The summed E-state index contributed by atoms with van der Waals surface area (Å²) in [5.41, 5.74) is 2.53. The number of aliphatic carboxylic acids is 1. The molecule has 0 bridgehead atoms. The summed E-state index contributed by atoms with van der Waals surface area (Å²) in [5, 5.41) is 8.61. The highest BCUT2D eigenvalue weighted by Gasteiger charge is 2.21. The van der Waals surface area contributed by atoms with E-state index in [-0.39, 0.29) is 12.2 Å². The number of hydrogen-bond donors (Lipinski definition) is 1. The van der Waals surface area contributed by atoms with E-state index in [9.17, 15) is 9.59 Å². The van der Waals surface area contributed by atoms with Crippen LogP contribution in [0.5, 0.6) is 0 Å². The van der Waals surface area contributed by atoms with Gasteiger partial charge in [-0.25, -0.2) is 0 Å². The number of carboxylic acids is 1. The molecule has 0 saturated heterocycles. The minimum Gasteiger partial charge on any atom is -0.481 e. The third-order valence-electron chi connectivity index (χ3n) is 2.29. The number of halogens is 1. The summed E-state index contributed by atoms with van der Waals surface area (Å²) >= 11 is 3.10. The third kappa shape index (κ3) is 3.17. The van der Waals surface area contributed by atoms with E-state index in [0.717, 1.165) is 11.1 Å². The molecule has 0 fully saturated rings. The fourth-order valence-electron chi connectivity index (χ4n) is 1.50. The molecule has 0 aliphatic heterocycles. The fraction of sp³-hybridized carbons (Fsp3) is 0.333. The van der Waals surface area contributed by atoms with Crippen LogP contribution in [0.15, 0.2) is 18.2 Å². The van der Waals surface area contributed by atoms with Crippen LogP contribution in [0.4, 0.5) is 0 Å². The van der Waals surface area contributed by atoms with Gasteiger partial charge in [0.05, 0.1) is 11.2 Å². The molecule has 0 heterocycles. The Hall–Kier alpha value is -1.16. The monoisotopic (exact) mass is 284 g/mol. The van der Waals surface area contributed by atoms with Gasteiger partial charge >= 0.3 is 5.97 Å². The topological polar surface area (TPSA) is 54.4 Å². The molecule has 16 heavy (non-hydrogen) atoms. The van der Waals surface area contributed by atoms with Crippen molar-refractivity contribution in [2.75, 3.05) is 0 Å². The molecule has 1 N–H and O–H groups in total. The van der Waals surface area contributed by atoms with Crippen molar-refractivity contribution >= 4 is 27.7 Å². The number of alkyl halides is 1. The molecule has 1 unspecified atom stereocenters. The van der Waals surface area contributed by atoms with Gasteiger partial charge in [-0.15, -0.1) is 0 Å². The van der Waals surface area contributed by atoms with Gasteiger partial charge in [0, 0.05) is 5.56 Å². The van der Waals surface area contributed by atoms with E-state index in [4.69, 9.17) is 5.11 Å². The minimum atomic E-state index is -0.986. The molecule has 0 radical (unpaired) electrons. The summed E-state index contributed by atoms with van der Waals surface area (Å²) in [6, 6.07) is 5.50. The SMILES string of the molecule is Cc1ccc(C(=O)C(Br)CC(=O)O)c(C)c1. The number of carboxylic acid groups (broad SMARTS) is 1. The first-order chi connectivity index (χ1) is 7.41. The molecule has 0 amide bonds. The maximum Gasteiger partial charge on any atom is 0.304 e. The second-order valence-electron chi connectivity index (χ2n) is 3.75. The number of benzene rings is 1. The molecule has 1 aromatic carbocycles. The van der Waals surface area contributed by atoms with Crippen LogP contribution in [0, 0.1) is 13.8 Å². The minimum absolute atomic E-state index is 0.181. The molecule has 86 valence electrons. The lowest BCUT2D eigenvalue weighted by atomic mass is 9.99. The summed E-state index contributed by atoms with van der Waals surface area (Å²) in [4.78, 5) is 21.7. The second-order valence-corrected chi connectivity index (χ2v) is 4.85. The zero-order valence-electron chi connectivity index (χ0n) is 9.16. The standard InChI is InChI=1S/C12H13BrO3/c1-7-3-4-9(8(2)5-7)12(16)10(13)6-11(14)15/h3-5,10H,6H2,1-2H3,(H,14,15). The normalized spacial score (nSPS) is 12.2. The van der Waals surface area contributed by atoms with Crippen LogP contribution in [0.3, 0.4) is 0 Å². The van der Waals surface area contributed by atoms with Crippen LogP contribution in [0.25, 0.3) is 0 Å². The van der Waals surface area contributed by atoms with Gasteiger partial charge in [-0.3, -0.25) is 9.59 Å². The van der Waals surface area contributed by atoms with Crippen LogP contribution >= 0.6 is 15.9 Å². The highest BCUT2D eigenvalue weighted by Crippen LogP contribution is 2.18. The van der Waals surface area contributed by atoms with Gasteiger partial charge in [-0.2, -0.15) is 0 Å². The van der Waals surface area contributed by atoms with Gasteiger partial charge in [0.15, 0.2) is 5.78 Å². The van der Waals surface area contributed by atoms with Crippen molar-refractivity contribution in [3.63, 3.8) is 0 Å². The smallest absolute Gasteiger partial charge is 0.304 e. The predicted molar refractivity (Wildman–Crippen MR) is 65.2 cm³/mol. The average Bonchev–Trinajstić information content (AvgIpc) is 2.15. The number of Topliss-reactive ketones (excluding diaryl/α,β-unsaturated/α-hetero) is 1. The Balaban J connectivity index is 2.92. The molecule has 1 aromatic rings. The first kappa shape index (κ1) is 12.9. The number of ketones is 1. The first-order valence-electron chi connectivity index (χ1n) is 4.89. The lowest BCUT2D eigenvalue weighted by molar-refractivity contribution is -0.136. The maximum atomic E-state index is 11.9. The van der Waals surface area contributed by atoms with E-state index in [2.05, 4.69) is 15.9 Å². The van der Waals surface area contributed by atoms with E-state index in [1.54, 1.807) is 6.07 Å². The van der Waals surface area contributed by atoms with E-state index < -0.39 is 10.8 Å². The lowest BCUT2D eigenvalue weighted by Gasteiger charge is -2.09.